The summed E-state index contributed by atoms with van der Waals surface area (Å²) >= 11 is 3.11. The molecule has 0 N–H and O–H groups in total. The molecule has 2 aromatic heterocycles. The minimum atomic E-state index is -0.304. The summed E-state index contributed by atoms with van der Waals surface area (Å²) in [5.74, 6) is -0.353. The van der Waals surface area contributed by atoms with Crippen LogP contribution in [0.5, 0.6) is 0 Å². The molecule has 96 valence electrons. The third kappa shape index (κ3) is 2.70. The topological polar surface area (TPSA) is 46.6 Å². The number of rotatable bonds is 4. The molecule has 0 radical (unpaired) electrons. The summed E-state index contributed by atoms with van der Waals surface area (Å²) in [6, 6.07) is 3.91. The van der Waals surface area contributed by atoms with Crippen molar-refractivity contribution in [2.45, 2.75) is 6.42 Å². The van der Waals surface area contributed by atoms with Crippen molar-refractivity contribution in [3.05, 3.63) is 22.4 Å². The average molecular weight is 283 g/mol. The second kappa shape index (κ2) is 5.49. The largest absolute Gasteiger partial charge is 0.469 e. The van der Waals surface area contributed by atoms with Crippen molar-refractivity contribution in [3.63, 3.8) is 0 Å². The van der Waals surface area contributed by atoms with E-state index in [0.717, 1.165) is 9.40 Å². The summed E-state index contributed by atoms with van der Waals surface area (Å²) in [5.41, 5.74) is 0. The second-order valence-corrected chi connectivity index (χ2v) is 5.84. The van der Waals surface area contributed by atoms with E-state index in [0.29, 0.717) is 11.4 Å². The van der Waals surface area contributed by atoms with Crippen molar-refractivity contribution >= 4 is 43.9 Å². The molecule has 2 aromatic rings. The summed E-state index contributed by atoms with van der Waals surface area (Å²) in [6.07, 6.45) is 0.221. The number of amides is 1. The quantitative estimate of drug-likeness (QED) is 0.810. The van der Waals surface area contributed by atoms with E-state index < -0.39 is 0 Å². The molecule has 0 aliphatic carbocycles. The predicted molar refractivity (Wildman–Crippen MR) is 73.3 cm³/mol. The highest BCUT2D eigenvalue weighted by molar-refractivity contribution is 7.27. The Morgan fingerprint density at radius 1 is 1.39 bits per heavy atom. The van der Waals surface area contributed by atoms with E-state index in [4.69, 9.17) is 0 Å². The average Bonchev–Trinajstić information content (AvgIpc) is 2.94. The van der Waals surface area contributed by atoms with Crippen molar-refractivity contribution < 1.29 is 14.3 Å². The number of methoxy groups -OCH3 is 1. The van der Waals surface area contributed by atoms with Gasteiger partial charge in [0.2, 0.25) is 0 Å². The first-order valence-electron chi connectivity index (χ1n) is 5.41. The number of thiophene rings is 2. The molecule has 0 fully saturated rings. The molecular formula is C12H13NO3S2. The van der Waals surface area contributed by atoms with Crippen LogP contribution in [0, 0.1) is 0 Å². The van der Waals surface area contributed by atoms with E-state index in [1.165, 1.54) is 18.4 Å². The zero-order chi connectivity index (χ0) is 13.1. The molecule has 6 heteroatoms. The van der Waals surface area contributed by atoms with Gasteiger partial charge in [0.25, 0.3) is 5.91 Å². The fourth-order valence-corrected chi connectivity index (χ4v) is 3.63. The Labute approximate surface area is 113 Å². The van der Waals surface area contributed by atoms with Gasteiger partial charge in [-0.1, -0.05) is 0 Å². The molecule has 0 unspecified atom stereocenters. The number of nitrogens with zero attached hydrogens (tertiary/aromatic N) is 1. The first kappa shape index (κ1) is 13.0. The number of esters is 1. The highest BCUT2D eigenvalue weighted by atomic mass is 32.1. The van der Waals surface area contributed by atoms with Crippen LogP contribution < -0.4 is 0 Å². The van der Waals surface area contributed by atoms with E-state index in [-0.39, 0.29) is 18.3 Å². The third-order valence-corrected chi connectivity index (χ3v) is 4.66. The van der Waals surface area contributed by atoms with Gasteiger partial charge in [-0.15, -0.1) is 22.7 Å². The summed E-state index contributed by atoms with van der Waals surface area (Å²) < 4.78 is 6.81. The van der Waals surface area contributed by atoms with Crippen molar-refractivity contribution in [3.8, 4) is 0 Å². The molecule has 0 spiro atoms. The number of fused-ring (bicyclic) bond motifs is 1. The van der Waals surface area contributed by atoms with Gasteiger partial charge in [-0.2, -0.15) is 0 Å². The molecule has 0 aliphatic heterocycles. The van der Waals surface area contributed by atoms with Crippen LogP contribution in [-0.2, 0) is 9.53 Å². The van der Waals surface area contributed by atoms with Crippen LogP contribution >= 0.6 is 22.7 Å². The Morgan fingerprint density at radius 3 is 2.83 bits per heavy atom. The number of carbonyl (C=O) groups excluding carboxylic acids is 2. The summed E-state index contributed by atoms with van der Waals surface area (Å²) in [4.78, 5) is 25.4. The van der Waals surface area contributed by atoms with E-state index in [2.05, 4.69) is 4.74 Å². The Bertz CT molecular complexity index is 544. The minimum Gasteiger partial charge on any atom is -0.469 e. The van der Waals surface area contributed by atoms with Gasteiger partial charge in [-0.3, -0.25) is 9.59 Å². The van der Waals surface area contributed by atoms with E-state index in [1.54, 1.807) is 23.3 Å². The third-order valence-electron chi connectivity index (χ3n) is 2.58. The van der Waals surface area contributed by atoms with Crippen LogP contribution in [0.25, 0.3) is 9.40 Å². The SMILES string of the molecule is COC(=O)CCN(C)C(=O)c1cc2sccc2s1. The number of hydrogen-bond acceptors (Lipinski definition) is 5. The highest BCUT2D eigenvalue weighted by Gasteiger charge is 2.16. The van der Waals surface area contributed by atoms with E-state index >= 15 is 0 Å². The van der Waals surface area contributed by atoms with Crippen LogP contribution in [0.15, 0.2) is 17.5 Å². The molecule has 0 saturated carbocycles. The van der Waals surface area contributed by atoms with Crippen molar-refractivity contribution in [1.82, 2.24) is 4.90 Å². The van der Waals surface area contributed by atoms with Gasteiger partial charge in [0.15, 0.2) is 0 Å². The molecule has 2 rings (SSSR count). The van der Waals surface area contributed by atoms with Gasteiger partial charge < -0.3 is 9.64 Å². The molecule has 0 saturated heterocycles. The summed E-state index contributed by atoms with van der Waals surface area (Å²) in [6.45, 7) is 0.372. The summed E-state index contributed by atoms with van der Waals surface area (Å²) in [7, 11) is 3.04. The Morgan fingerprint density at radius 2 is 2.17 bits per heavy atom. The maximum atomic E-state index is 12.1. The van der Waals surface area contributed by atoms with Gasteiger partial charge in [0.05, 0.1) is 18.4 Å². The van der Waals surface area contributed by atoms with Crippen LogP contribution in [0.2, 0.25) is 0 Å². The monoisotopic (exact) mass is 283 g/mol. The van der Waals surface area contributed by atoms with Gasteiger partial charge in [-0.25, -0.2) is 0 Å². The predicted octanol–water partition coefficient (Wildman–Crippen LogP) is 2.60. The molecule has 1 amide bonds. The maximum Gasteiger partial charge on any atom is 0.307 e. The Balaban J connectivity index is 2.02. The first-order valence-corrected chi connectivity index (χ1v) is 7.10. The second-order valence-electron chi connectivity index (χ2n) is 3.81. The lowest BCUT2D eigenvalue weighted by Gasteiger charge is -2.15. The molecular weight excluding hydrogens is 270 g/mol. The zero-order valence-corrected chi connectivity index (χ0v) is 11.8. The standard InChI is InChI=1S/C12H13NO3S2/c1-13(5-3-11(14)16-2)12(15)10-7-9-8(18-10)4-6-17-9/h4,6-7H,3,5H2,1-2H3. The molecule has 0 bridgehead atoms. The van der Waals surface area contributed by atoms with Crippen LogP contribution in [0.3, 0.4) is 0 Å². The van der Waals surface area contributed by atoms with E-state index in [9.17, 15) is 9.59 Å². The highest BCUT2D eigenvalue weighted by Crippen LogP contribution is 2.30. The fourth-order valence-electron chi connectivity index (χ4n) is 1.52. The summed E-state index contributed by atoms with van der Waals surface area (Å²) in [5, 5.41) is 2.01. The van der Waals surface area contributed by atoms with Crippen molar-refractivity contribution in [2.75, 3.05) is 20.7 Å². The van der Waals surface area contributed by atoms with Gasteiger partial charge >= 0.3 is 5.97 Å². The molecule has 2 heterocycles. The van der Waals surface area contributed by atoms with Crippen LogP contribution in [-0.4, -0.2) is 37.5 Å². The lowest BCUT2D eigenvalue weighted by Crippen LogP contribution is -2.28. The minimum absolute atomic E-state index is 0.0488. The molecule has 0 atom stereocenters. The van der Waals surface area contributed by atoms with Gasteiger partial charge in [-0.05, 0) is 17.5 Å². The number of hydrogen-bond donors (Lipinski definition) is 0. The lowest BCUT2D eigenvalue weighted by atomic mass is 10.3. The van der Waals surface area contributed by atoms with E-state index in [1.807, 2.05) is 17.5 Å². The molecule has 0 aliphatic rings. The Hall–Kier alpha value is -1.40. The smallest absolute Gasteiger partial charge is 0.307 e. The zero-order valence-electron chi connectivity index (χ0n) is 10.1. The molecule has 18 heavy (non-hydrogen) atoms. The fraction of sp³-hybridized carbons (Fsp3) is 0.333. The van der Waals surface area contributed by atoms with Crippen LogP contribution in [0.4, 0.5) is 0 Å². The maximum absolute atomic E-state index is 12.1. The van der Waals surface area contributed by atoms with Gasteiger partial charge in [0.1, 0.15) is 0 Å². The molecule has 0 aromatic carbocycles. The molecule has 4 nitrogen and oxygen atoms in total. The normalized spacial score (nSPS) is 10.6. The number of ether oxygens (including phenoxy) is 1. The number of carbonyl (C=O) groups is 2. The van der Waals surface area contributed by atoms with Crippen LogP contribution in [0.1, 0.15) is 16.1 Å². The lowest BCUT2D eigenvalue weighted by molar-refractivity contribution is -0.140. The van der Waals surface area contributed by atoms with Crippen molar-refractivity contribution in [2.24, 2.45) is 0 Å². The van der Waals surface area contributed by atoms with Crippen molar-refractivity contribution in [1.29, 1.82) is 0 Å². The Kier molecular flexibility index (Phi) is 3.98. The first-order chi connectivity index (χ1) is 8.61. The van der Waals surface area contributed by atoms with Gasteiger partial charge in [0, 0.05) is 23.0 Å².